The number of carbonyl (C=O) groups is 1. The molecule has 1 aliphatic rings. The summed E-state index contributed by atoms with van der Waals surface area (Å²) in [5, 5.41) is 4.40. The molecule has 1 fully saturated rings. The summed E-state index contributed by atoms with van der Waals surface area (Å²) >= 11 is 18.1. The molecule has 2 aromatic carbocycles. The summed E-state index contributed by atoms with van der Waals surface area (Å²) in [6, 6.07) is 10.0. The number of nitrogens with one attached hydrogen (secondary N) is 1. The maximum absolute atomic E-state index is 12.7. The summed E-state index contributed by atoms with van der Waals surface area (Å²) in [6.07, 6.45) is -0.299. The van der Waals surface area contributed by atoms with Crippen LogP contribution in [0.1, 0.15) is 11.7 Å². The van der Waals surface area contributed by atoms with Crippen molar-refractivity contribution in [3.8, 4) is 5.75 Å². The van der Waals surface area contributed by atoms with E-state index in [1.165, 1.54) is 7.11 Å². The molecule has 2 amide bonds. The first kappa shape index (κ1) is 19.1. The molecule has 138 valence electrons. The average Bonchev–Trinajstić information content (AvgIpc) is 2.61. The molecule has 0 aliphatic carbocycles. The van der Waals surface area contributed by atoms with Crippen LogP contribution in [0, 0.1) is 0 Å². The van der Waals surface area contributed by atoms with Gasteiger partial charge in [-0.3, -0.25) is 0 Å². The van der Waals surface area contributed by atoms with Crippen molar-refractivity contribution in [1.82, 2.24) is 4.90 Å². The van der Waals surface area contributed by atoms with E-state index in [2.05, 4.69) is 5.32 Å². The van der Waals surface area contributed by atoms with Gasteiger partial charge in [0.05, 0.1) is 25.9 Å². The Morgan fingerprint density at radius 2 is 1.88 bits per heavy atom. The van der Waals surface area contributed by atoms with Crippen molar-refractivity contribution in [2.75, 3.05) is 32.1 Å². The van der Waals surface area contributed by atoms with Gasteiger partial charge in [0.1, 0.15) is 11.9 Å². The quantitative estimate of drug-likeness (QED) is 0.744. The van der Waals surface area contributed by atoms with Crippen molar-refractivity contribution in [3.63, 3.8) is 0 Å². The molecule has 5 nitrogen and oxygen atoms in total. The largest absolute Gasteiger partial charge is 0.495 e. The van der Waals surface area contributed by atoms with E-state index < -0.39 is 0 Å². The highest BCUT2D eigenvalue weighted by Crippen LogP contribution is 2.30. The molecule has 2 aromatic rings. The fourth-order valence-electron chi connectivity index (χ4n) is 2.77. The molecule has 0 bridgehead atoms. The fraction of sp³-hybridized carbons (Fsp3) is 0.278. The van der Waals surface area contributed by atoms with Gasteiger partial charge in [0.2, 0.25) is 0 Å². The highest BCUT2D eigenvalue weighted by molar-refractivity contribution is 6.34. The average molecular weight is 416 g/mol. The Bertz CT molecular complexity index is 796. The molecule has 1 aliphatic heterocycles. The van der Waals surface area contributed by atoms with E-state index >= 15 is 0 Å². The number of morpholine rings is 1. The Hall–Kier alpha value is -1.66. The lowest BCUT2D eigenvalue weighted by Gasteiger charge is -2.33. The number of halogens is 3. The van der Waals surface area contributed by atoms with Crippen LogP contribution in [0.15, 0.2) is 36.4 Å². The molecular formula is C18H17Cl3N2O3. The minimum Gasteiger partial charge on any atom is -0.495 e. The topological polar surface area (TPSA) is 50.8 Å². The van der Waals surface area contributed by atoms with Crippen molar-refractivity contribution < 1.29 is 14.3 Å². The van der Waals surface area contributed by atoms with Crippen LogP contribution in [0.4, 0.5) is 10.5 Å². The number of hydrogen-bond acceptors (Lipinski definition) is 3. The summed E-state index contributed by atoms with van der Waals surface area (Å²) in [7, 11) is 1.53. The summed E-state index contributed by atoms with van der Waals surface area (Å²) in [4.78, 5) is 14.3. The summed E-state index contributed by atoms with van der Waals surface area (Å²) in [5.74, 6) is 0.536. The van der Waals surface area contributed by atoms with Crippen LogP contribution in [0.3, 0.4) is 0 Å². The zero-order valence-electron chi connectivity index (χ0n) is 14.0. The van der Waals surface area contributed by atoms with Crippen LogP contribution in [-0.2, 0) is 4.74 Å². The van der Waals surface area contributed by atoms with Crippen LogP contribution >= 0.6 is 34.8 Å². The van der Waals surface area contributed by atoms with Crippen molar-refractivity contribution in [3.05, 3.63) is 57.0 Å². The van der Waals surface area contributed by atoms with Gasteiger partial charge in [0, 0.05) is 21.6 Å². The van der Waals surface area contributed by atoms with E-state index in [-0.39, 0.29) is 12.1 Å². The zero-order valence-corrected chi connectivity index (χ0v) is 16.2. The van der Waals surface area contributed by atoms with E-state index in [9.17, 15) is 4.79 Å². The second-order valence-electron chi connectivity index (χ2n) is 5.78. The van der Waals surface area contributed by atoms with Gasteiger partial charge in [-0.05, 0) is 42.0 Å². The highest BCUT2D eigenvalue weighted by Gasteiger charge is 2.26. The van der Waals surface area contributed by atoms with Gasteiger partial charge >= 0.3 is 6.03 Å². The third kappa shape index (κ3) is 4.54. The third-order valence-corrected chi connectivity index (χ3v) is 4.68. The lowest BCUT2D eigenvalue weighted by molar-refractivity contribution is -0.0135. The summed E-state index contributed by atoms with van der Waals surface area (Å²) in [6.45, 7) is 1.26. The highest BCUT2D eigenvalue weighted by atomic mass is 35.5. The Balaban J connectivity index is 1.73. The second-order valence-corrected chi connectivity index (χ2v) is 7.09. The molecule has 0 aromatic heterocycles. The smallest absolute Gasteiger partial charge is 0.322 e. The summed E-state index contributed by atoms with van der Waals surface area (Å²) < 4.78 is 11.0. The molecular weight excluding hydrogens is 399 g/mol. The Morgan fingerprint density at radius 3 is 2.58 bits per heavy atom. The van der Waals surface area contributed by atoms with Crippen molar-refractivity contribution >= 4 is 46.5 Å². The van der Waals surface area contributed by atoms with E-state index in [0.717, 1.165) is 5.56 Å². The molecule has 3 rings (SSSR count). The number of nitrogens with zero attached hydrogens (tertiary/aromatic N) is 1. The third-order valence-electron chi connectivity index (χ3n) is 4.01. The predicted octanol–water partition coefficient (Wildman–Crippen LogP) is 5.26. The number of rotatable bonds is 3. The molecule has 1 atom stereocenters. The van der Waals surface area contributed by atoms with Crippen molar-refractivity contribution in [1.29, 1.82) is 0 Å². The van der Waals surface area contributed by atoms with Crippen LogP contribution in [0.2, 0.25) is 15.1 Å². The number of hydrogen-bond donors (Lipinski definition) is 1. The van der Waals surface area contributed by atoms with Gasteiger partial charge in [-0.1, -0.05) is 34.8 Å². The molecule has 26 heavy (non-hydrogen) atoms. The number of urea groups is 1. The van der Waals surface area contributed by atoms with E-state index in [0.29, 0.717) is 46.2 Å². The van der Waals surface area contributed by atoms with Gasteiger partial charge in [-0.15, -0.1) is 0 Å². The second kappa shape index (κ2) is 8.35. The number of carbonyl (C=O) groups excluding carboxylic acids is 1. The first-order valence-corrected chi connectivity index (χ1v) is 9.06. The van der Waals surface area contributed by atoms with Crippen molar-refractivity contribution in [2.45, 2.75) is 6.10 Å². The van der Waals surface area contributed by atoms with Gasteiger partial charge in [-0.25, -0.2) is 4.79 Å². The Labute approximate surface area is 166 Å². The normalized spacial score (nSPS) is 17.1. The SMILES string of the molecule is COc1ccc(Cl)cc1NC(=O)N1CCOC(c2cc(Cl)cc(Cl)c2)C1. The lowest BCUT2D eigenvalue weighted by Crippen LogP contribution is -2.44. The molecule has 1 heterocycles. The first-order chi connectivity index (χ1) is 12.5. The number of ether oxygens (including phenoxy) is 2. The minimum absolute atomic E-state index is 0.257. The van der Waals surface area contributed by atoms with Gasteiger partial charge < -0.3 is 19.7 Å². The van der Waals surface area contributed by atoms with Crippen LogP contribution in [0.5, 0.6) is 5.75 Å². The van der Waals surface area contributed by atoms with E-state index in [4.69, 9.17) is 44.3 Å². The maximum atomic E-state index is 12.7. The van der Waals surface area contributed by atoms with Gasteiger partial charge in [0.15, 0.2) is 0 Å². The molecule has 0 spiro atoms. The molecule has 1 saturated heterocycles. The van der Waals surface area contributed by atoms with Crippen molar-refractivity contribution in [2.24, 2.45) is 0 Å². The Morgan fingerprint density at radius 1 is 1.15 bits per heavy atom. The number of benzene rings is 2. The molecule has 8 heteroatoms. The Kier molecular flexibility index (Phi) is 6.14. The minimum atomic E-state index is -0.299. The standard InChI is InChI=1S/C18H17Cl3N2O3/c1-25-16-3-2-12(19)9-15(16)22-18(24)23-4-5-26-17(10-23)11-6-13(20)8-14(21)7-11/h2-3,6-9,17H,4-5,10H2,1H3,(H,22,24). The molecule has 0 radical (unpaired) electrons. The van der Waals surface area contributed by atoms with Crippen LogP contribution < -0.4 is 10.1 Å². The predicted molar refractivity (Wildman–Crippen MR) is 104 cm³/mol. The maximum Gasteiger partial charge on any atom is 0.322 e. The van der Waals surface area contributed by atoms with Crippen LogP contribution in [-0.4, -0.2) is 37.7 Å². The van der Waals surface area contributed by atoms with Gasteiger partial charge in [-0.2, -0.15) is 0 Å². The fourth-order valence-corrected chi connectivity index (χ4v) is 3.48. The van der Waals surface area contributed by atoms with E-state index in [1.807, 2.05) is 0 Å². The van der Waals surface area contributed by atoms with Crippen LogP contribution in [0.25, 0.3) is 0 Å². The monoisotopic (exact) mass is 414 g/mol. The van der Waals surface area contributed by atoms with E-state index in [1.54, 1.807) is 41.3 Å². The summed E-state index contributed by atoms with van der Waals surface area (Å²) in [5.41, 5.74) is 1.35. The lowest BCUT2D eigenvalue weighted by atomic mass is 10.1. The number of amides is 2. The number of anilines is 1. The first-order valence-electron chi connectivity index (χ1n) is 7.93. The zero-order chi connectivity index (χ0) is 18.7. The molecule has 0 saturated carbocycles. The number of methoxy groups -OCH3 is 1. The molecule has 1 N–H and O–H groups in total. The molecule has 1 unspecified atom stereocenters. The van der Waals surface area contributed by atoms with Gasteiger partial charge in [0.25, 0.3) is 0 Å².